The molecule has 2 saturated heterocycles. The van der Waals surface area contributed by atoms with Gasteiger partial charge in [-0.3, -0.25) is 9.78 Å². The van der Waals surface area contributed by atoms with Gasteiger partial charge in [0.1, 0.15) is 18.0 Å². The molecule has 6 nitrogen and oxygen atoms in total. The second-order valence-electron chi connectivity index (χ2n) is 5.79. The zero-order chi connectivity index (χ0) is 15.4. The SMILES string of the molecule is CCOCC(=O)N1CC2(C1)OCC[C@@H]2COc1cccnc1. The predicted molar refractivity (Wildman–Crippen MR) is 79.6 cm³/mol. The summed E-state index contributed by atoms with van der Waals surface area (Å²) in [5.74, 6) is 1.12. The fourth-order valence-corrected chi connectivity index (χ4v) is 3.06. The van der Waals surface area contributed by atoms with E-state index in [9.17, 15) is 4.79 Å². The first-order chi connectivity index (χ1) is 10.7. The molecular weight excluding hydrogens is 284 g/mol. The van der Waals surface area contributed by atoms with E-state index in [4.69, 9.17) is 14.2 Å². The van der Waals surface area contributed by atoms with Gasteiger partial charge in [0.2, 0.25) is 5.91 Å². The summed E-state index contributed by atoms with van der Waals surface area (Å²) < 4.78 is 16.9. The molecule has 120 valence electrons. The Morgan fingerprint density at radius 2 is 2.41 bits per heavy atom. The summed E-state index contributed by atoms with van der Waals surface area (Å²) in [6.45, 7) is 5.21. The number of likely N-dealkylation sites (tertiary alicyclic amines) is 1. The second kappa shape index (κ2) is 6.62. The van der Waals surface area contributed by atoms with Gasteiger partial charge < -0.3 is 19.1 Å². The molecule has 2 fully saturated rings. The van der Waals surface area contributed by atoms with Crippen LogP contribution in [0.3, 0.4) is 0 Å². The molecule has 0 bridgehead atoms. The van der Waals surface area contributed by atoms with E-state index in [1.807, 2.05) is 19.1 Å². The predicted octanol–water partition coefficient (Wildman–Crippen LogP) is 1.11. The van der Waals surface area contributed by atoms with E-state index in [0.29, 0.717) is 32.2 Å². The number of carbonyl (C=O) groups excluding carboxylic acids is 1. The first-order valence-corrected chi connectivity index (χ1v) is 7.76. The summed E-state index contributed by atoms with van der Waals surface area (Å²) in [6, 6.07) is 3.75. The van der Waals surface area contributed by atoms with Gasteiger partial charge in [-0.15, -0.1) is 0 Å². The van der Waals surface area contributed by atoms with E-state index in [2.05, 4.69) is 4.98 Å². The standard InChI is InChI=1S/C16H22N2O4/c1-2-20-10-15(19)18-11-16(12-18)13(5-7-22-16)9-21-14-4-3-6-17-8-14/h3-4,6,8,13H,2,5,7,9-12H2,1H3/t13-/m1/s1. The van der Waals surface area contributed by atoms with Gasteiger partial charge >= 0.3 is 0 Å². The molecule has 2 aliphatic rings. The molecule has 22 heavy (non-hydrogen) atoms. The number of hydrogen-bond acceptors (Lipinski definition) is 5. The zero-order valence-electron chi connectivity index (χ0n) is 12.9. The Bertz CT molecular complexity index is 502. The summed E-state index contributed by atoms with van der Waals surface area (Å²) in [5, 5.41) is 0. The van der Waals surface area contributed by atoms with Crippen LogP contribution in [0.2, 0.25) is 0 Å². The monoisotopic (exact) mass is 306 g/mol. The average molecular weight is 306 g/mol. The number of amides is 1. The molecule has 1 amide bonds. The largest absolute Gasteiger partial charge is 0.492 e. The van der Waals surface area contributed by atoms with Crippen molar-refractivity contribution in [1.82, 2.24) is 9.88 Å². The van der Waals surface area contributed by atoms with Crippen LogP contribution in [0.1, 0.15) is 13.3 Å². The number of hydrogen-bond donors (Lipinski definition) is 0. The molecule has 0 aliphatic carbocycles. The molecule has 0 N–H and O–H groups in total. The van der Waals surface area contributed by atoms with Gasteiger partial charge in [0.05, 0.1) is 25.9 Å². The molecule has 3 rings (SSSR count). The van der Waals surface area contributed by atoms with Gasteiger partial charge in [-0.2, -0.15) is 0 Å². The lowest BCUT2D eigenvalue weighted by Crippen LogP contribution is -2.67. The van der Waals surface area contributed by atoms with Crippen molar-refractivity contribution in [2.75, 3.05) is 39.5 Å². The minimum absolute atomic E-state index is 0.0369. The van der Waals surface area contributed by atoms with Crippen LogP contribution in [0.4, 0.5) is 0 Å². The lowest BCUT2D eigenvalue weighted by Gasteiger charge is -2.50. The number of nitrogens with zero attached hydrogens (tertiary/aromatic N) is 2. The Morgan fingerprint density at radius 1 is 1.55 bits per heavy atom. The molecule has 0 unspecified atom stereocenters. The van der Waals surface area contributed by atoms with Crippen molar-refractivity contribution >= 4 is 5.91 Å². The Morgan fingerprint density at radius 3 is 3.14 bits per heavy atom. The Hall–Kier alpha value is -1.66. The fraction of sp³-hybridized carbons (Fsp3) is 0.625. The molecule has 2 aliphatic heterocycles. The van der Waals surface area contributed by atoms with Crippen LogP contribution in [0.15, 0.2) is 24.5 Å². The summed E-state index contributed by atoms with van der Waals surface area (Å²) in [7, 11) is 0. The Labute approximate surface area is 130 Å². The van der Waals surface area contributed by atoms with Crippen molar-refractivity contribution in [3.8, 4) is 5.75 Å². The van der Waals surface area contributed by atoms with Gasteiger partial charge in [-0.05, 0) is 25.5 Å². The Balaban J connectivity index is 1.51. The third kappa shape index (κ3) is 3.08. The third-order valence-corrected chi connectivity index (χ3v) is 4.38. The van der Waals surface area contributed by atoms with Crippen LogP contribution in [0.25, 0.3) is 0 Å². The molecule has 1 aromatic heterocycles. The fourth-order valence-electron chi connectivity index (χ4n) is 3.06. The van der Waals surface area contributed by atoms with Crippen LogP contribution in [-0.2, 0) is 14.3 Å². The van der Waals surface area contributed by atoms with Gasteiger partial charge in [-0.25, -0.2) is 0 Å². The lowest BCUT2D eigenvalue weighted by atomic mass is 9.81. The van der Waals surface area contributed by atoms with Crippen molar-refractivity contribution in [2.45, 2.75) is 18.9 Å². The lowest BCUT2D eigenvalue weighted by molar-refractivity contribution is -0.170. The molecule has 1 spiro atoms. The van der Waals surface area contributed by atoms with E-state index in [0.717, 1.165) is 18.8 Å². The quantitative estimate of drug-likeness (QED) is 0.788. The molecule has 1 atom stereocenters. The first kappa shape index (κ1) is 15.2. The number of aromatic nitrogens is 1. The average Bonchev–Trinajstić information content (AvgIpc) is 2.94. The number of carbonyl (C=O) groups is 1. The van der Waals surface area contributed by atoms with Crippen molar-refractivity contribution in [2.24, 2.45) is 5.92 Å². The number of pyridine rings is 1. The highest BCUT2D eigenvalue weighted by Crippen LogP contribution is 2.40. The maximum Gasteiger partial charge on any atom is 0.248 e. The van der Waals surface area contributed by atoms with Crippen molar-refractivity contribution < 1.29 is 19.0 Å². The van der Waals surface area contributed by atoms with Crippen LogP contribution in [-0.4, -0.2) is 60.9 Å². The van der Waals surface area contributed by atoms with E-state index < -0.39 is 0 Å². The minimum Gasteiger partial charge on any atom is -0.492 e. The minimum atomic E-state index is -0.232. The molecule has 0 saturated carbocycles. The molecule has 6 heteroatoms. The number of ether oxygens (including phenoxy) is 3. The molecule has 1 aromatic rings. The second-order valence-corrected chi connectivity index (χ2v) is 5.79. The van der Waals surface area contributed by atoms with Crippen molar-refractivity contribution in [3.05, 3.63) is 24.5 Å². The highest BCUT2D eigenvalue weighted by molar-refractivity contribution is 5.78. The molecular formula is C16H22N2O4. The van der Waals surface area contributed by atoms with Crippen molar-refractivity contribution in [3.63, 3.8) is 0 Å². The number of rotatable bonds is 6. The van der Waals surface area contributed by atoms with E-state index in [-0.39, 0.29) is 18.1 Å². The van der Waals surface area contributed by atoms with Gasteiger partial charge in [-0.1, -0.05) is 0 Å². The first-order valence-electron chi connectivity index (χ1n) is 7.76. The normalized spacial score (nSPS) is 22.6. The van der Waals surface area contributed by atoms with Crippen LogP contribution in [0, 0.1) is 5.92 Å². The zero-order valence-corrected chi connectivity index (χ0v) is 12.9. The van der Waals surface area contributed by atoms with E-state index >= 15 is 0 Å². The van der Waals surface area contributed by atoms with Crippen LogP contribution in [0.5, 0.6) is 5.75 Å². The highest BCUT2D eigenvalue weighted by Gasteiger charge is 2.54. The van der Waals surface area contributed by atoms with Gasteiger partial charge in [0.25, 0.3) is 0 Å². The van der Waals surface area contributed by atoms with Gasteiger partial charge in [0, 0.05) is 25.3 Å². The topological polar surface area (TPSA) is 60.9 Å². The van der Waals surface area contributed by atoms with Crippen LogP contribution < -0.4 is 4.74 Å². The van der Waals surface area contributed by atoms with Crippen LogP contribution >= 0.6 is 0 Å². The highest BCUT2D eigenvalue weighted by atomic mass is 16.5. The third-order valence-electron chi connectivity index (χ3n) is 4.38. The van der Waals surface area contributed by atoms with Gasteiger partial charge in [0.15, 0.2) is 0 Å². The smallest absolute Gasteiger partial charge is 0.248 e. The summed E-state index contributed by atoms with van der Waals surface area (Å²) in [4.78, 5) is 17.8. The molecule has 3 heterocycles. The molecule has 0 aromatic carbocycles. The molecule has 0 radical (unpaired) electrons. The maximum absolute atomic E-state index is 11.9. The maximum atomic E-state index is 11.9. The summed E-state index contributed by atoms with van der Waals surface area (Å²) in [5.41, 5.74) is -0.232. The van der Waals surface area contributed by atoms with Crippen molar-refractivity contribution in [1.29, 1.82) is 0 Å². The Kier molecular flexibility index (Phi) is 4.59. The summed E-state index contributed by atoms with van der Waals surface area (Å²) in [6.07, 6.45) is 4.40. The summed E-state index contributed by atoms with van der Waals surface area (Å²) >= 11 is 0. The van der Waals surface area contributed by atoms with E-state index in [1.54, 1.807) is 17.3 Å². The van der Waals surface area contributed by atoms with E-state index in [1.165, 1.54) is 0 Å².